The number of hydrogen-bond donors (Lipinski definition) is 1. The number of rotatable bonds is 4. The van der Waals surface area contributed by atoms with Gasteiger partial charge in [-0.05, 0) is 38.1 Å². The average Bonchev–Trinajstić information content (AvgIpc) is 3.34. The first-order valence-corrected chi connectivity index (χ1v) is 10.7. The molecule has 0 radical (unpaired) electrons. The topological polar surface area (TPSA) is 81.4 Å². The number of aromatic amines is 1. The summed E-state index contributed by atoms with van der Waals surface area (Å²) in [5.74, 6) is 0.608. The molecule has 0 aliphatic heterocycles. The van der Waals surface area contributed by atoms with E-state index in [-0.39, 0.29) is 11.7 Å². The molecule has 160 valence electrons. The Labute approximate surface area is 189 Å². The predicted octanol–water partition coefficient (Wildman–Crippen LogP) is 5.09. The van der Waals surface area contributed by atoms with Gasteiger partial charge in [-0.1, -0.05) is 29.8 Å². The summed E-state index contributed by atoms with van der Waals surface area (Å²) in [6, 6.07) is 13.6. The maximum absolute atomic E-state index is 12.8. The van der Waals surface area contributed by atoms with E-state index in [9.17, 15) is 4.79 Å². The van der Waals surface area contributed by atoms with E-state index in [2.05, 4.69) is 15.0 Å². The van der Waals surface area contributed by atoms with Gasteiger partial charge in [0.1, 0.15) is 5.69 Å². The molecule has 0 amide bonds. The van der Waals surface area contributed by atoms with Crippen LogP contribution in [-0.2, 0) is 7.05 Å². The Morgan fingerprint density at radius 3 is 2.59 bits per heavy atom. The molecular weight excluding hydrogens is 424 g/mol. The number of halogens is 1. The maximum Gasteiger partial charge on any atom is 0.329 e. The van der Waals surface area contributed by atoms with Crippen molar-refractivity contribution in [2.75, 3.05) is 0 Å². The maximum atomic E-state index is 12.8. The molecule has 0 aliphatic carbocycles. The van der Waals surface area contributed by atoms with Gasteiger partial charge in [-0.25, -0.2) is 14.8 Å². The lowest BCUT2D eigenvalue weighted by Gasteiger charge is -2.08. The first-order chi connectivity index (χ1) is 15.4. The highest BCUT2D eigenvalue weighted by atomic mass is 35.5. The van der Waals surface area contributed by atoms with Gasteiger partial charge in [0, 0.05) is 41.6 Å². The average molecular weight is 445 g/mol. The van der Waals surface area contributed by atoms with Crippen molar-refractivity contribution in [3.8, 4) is 34.0 Å². The number of nitrogens with one attached hydrogen (secondary N) is 1. The number of imidazole rings is 2. The van der Waals surface area contributed by atoms with Crippen LogP contribution in [-0.4, -0.2) is 29.1 Å². The van der Waals surface area contributed by atoms with Crippen molar-refractivity contribution in [3.63, 3.8) is 0 Å². The van der Waals surface area contributed by atoms with Crippen LogP contribution in [0.3, 0.4) is 0 Å². The number of nitrogens with zero attached hydrogens (tertiary/aromatic N) is 5. The Bertz CT molecular complexity index is 1500. The molecule has 5 aromatic rings. The summed E-state index contributed by atoms with van der Waals surface area (Å²) in [5, 5.41) is 0.629. The molecule has 0 spiro atoms. The van der Waals surface area contributed by atoms with E-state index in [0.717, 1.165) is 33.5 Å². The molecule has 2 aromatic carbocycles. The van der Waals surface area contributed by atoms with Gasteiger partial charge >= 0.3 is 5.69 Å². The SMILES string of the molecule is CC(C)n1c(=O)n(C)c2cc(-c3[nH]c(-c4cnccn4)nc3-c3cccc(Cl)c3)ccc21. The quantitative estimate of drug-likeness (QED) is 0.418. The molecule has 0 bridgehead atoms. The van der Waals surface area contributed by atoms with E-state index >= 15 is 0 Å². The Morgan fingerprint density at radius 1 is 1.03 bits per heavy atom. The third kappa shape index (κ3) is 3.31. The van der Waals surface area contributed by atoms with Crippen LogP contribution in [0.1, 0.15) is 19.9 Å². The lowest BCUT2D eigenvalue weighted by atomic mass is 10.0. The Hall–Kier alpha value is -3.71. The number of fused-ring (bicyclic) bond motifs is 1. The molecule has 32 heavy (non-hydrogen) atoms. The molecule has 1 N–H and O–H groups in total. The summed E-state index contributed by atoms with van der Waals surface area (Å²) >= 11 is 6.26. The highest BCUT2D eigenvalue weighted by Crippen LogP contribution is 2.35. The molecule has 3 aromatic heterocycles. The van der Waals surface area contributed by atoms with Gasteiger partial charge in [0.2, 0.25) is 0 Å². The van der Waals surface area contributed by atoms with Gasteiger partial charge < -0.3 is 4.98 Å². The van der Waals surface area contributed by atoms with Crippen LogP contribution >= 0.6 is 11.6 Å². The van der Waals surface area contributed by atoms with E-state index in [1.54, 1.807) is 34.8 Å². The third-order valence-electron chi connectivity index (χ3n) is 5.50. The minimum atomic E-state index is -0.0351. The minimum absolute atomic E-state index is 0.0351. The molecule has 0 saturated carbocycles. The first-order valence-electron chi connectivity index (χ1n) is 10.3. The largest absolute Gasteiger partial charge is 0.336 e. The smallest absolute Gasteiger partial charge is 0.329 e. The third-order valence-corrected chi connectivity index (χ3v) is 5.74. The van der Waals surface area contributed by atoms with Crippen molar-refractivity contribution in [2.45, 2.75) is 19.9 Å². The Kier molecular flexibility index (Phi) is 4.90. The van der Waals surface area contributed by atoms with Crippen molar-refractivity contribution in [1.29, 1.82) is 0 Å². The normalized spacial score (nSPS) is 11.5. The van der Waals surface area contributed by atoms with Crippen LogP contribution < -0.4 is 5.69 Å². The molecule has 3 heterocycles. The molecule has 0 saturated heterocycles. The summed E-state index contributed by atoms with van der Waals surface area (Å²) in [5.41, 5.74) is 5.72. The molecule has 8 heteroatoms. The summed E-state index contributed by atoms with van der Waals surface area (Å²) in [4.78, 5) is 29.5. The fourth-order valence-corrected chi connectivity index (χ4v) is 4.18. The highest BCUT2D eigenvalue weighted by Gasteiger charge is 2.19. The predicted molar refractivity (Wildman–Crippen MR) is 127 cm³/mol. The van der Waals surface area contributed by atoms with Crippen molar-refractivity contribution < 1.29 is 0 Å². The van der Waals surface area contributed by atoms with Crippen molar-refractivity contribution >= 4 is 22.6 Å². The summed E-state index contributed by atoms with van der Waals surface area (Å²) < 4.78 is 3.48. The number of aromatic nitrogens is 6. The van der Waals surface area contributed by atoms with Crippen LogP contribution in [0.25, 0.3) is 45.1 Å². The van der Waals surface area contributed by atoms with Crippen molar-refractivity contribution in [1.82, 2.24) is 29.1 Å². The molecule has 0 atom stereocenters. The second-order valence-electron chi connectivity index (χ2n) is 7.92. The molecule has 0 aliphatic rings. The summed E-state index contributed by atoms with van der Waals surface area (Å²) in [7, 11) is 1.79. The standard InChI is InChI=1S/C24H21ClN6O/c1-14(2)31-19-8-7-16(12-20(19)30(3)24(31)32)22-21(15-5-4-6-17(25)11-15)28-23(29-22)18-13-26-9-10-27-18/h4-14H,1-3H3,(H,28,29). The Balaban J connectivity index is 1.75. The number of H-pyrrole nitrogens is 1. The van der Waals surface area contributed by atoms with E-state index in [1.165, 1.54) is 0 Å². The van der Waals surface area contributed by atoms with Crippen molar-refractivity contribution in [2.24, 2.45) is 7.05 Å². The molecule has 0 unspecified atom stereocenters. The number of hydrogen-bond acceptors (Lipinski definition) is 4. The van der Waals surface area contributed by atoms with E-state index in [1.807, 2.05) is 56.3 Å². The minimum Gasteiger partial charge on any atom is -0.336 e. The van der Waals surface area contributed by atoms with Gasteiger partial charge in [-0.15, -0.1) is 0 Å². The second kappa shape index (κ2) is 7.76. The fraction of sp³-hybridized carbons (Fsp3) is 0.167. The first kappa shape index (κ1) is 20.2. The Morgan fingerprint density at radius 2 is 1.88 bits per heavy atom. The van der Waals surface area contributed by atoms with Crippen LogP contribution in [0.2, 0.25) is 5.02 Å². The van der Waals surface area contributed by atoms with Crippen LogP contribution in [0.15, 0.2) is 65.8 Å². The molecule has 0 fully saturated rings. The van der Waals surface area contributed by atoms with E-state index in [0.29, 0.717) is 16.5 Å². The zero-order valence-electron chi connectivity index (χ0n) is 17.9. The lowest BCUT2D eigenvalue weighted by Crippen LogP contribution is -2.23. The van der Waals surface area contributed by atoms with Crippen LogP contribution in [0.5, 0.6) is 0 Å². The molecular formula is C24H21ClN6O. The van der Waals surface area contributed by atoms with Gasteiger partial charge in [0.05, 0.1) is 28.6 Å². The van der Waals surface area contributed by atoms with Crippen LogP contribution in [0.4, 0.5) is 0 Å². The van der Waals surface area contributed by atoms with E-state index in [4.69, 9.17) is 16.6 Å². The lowest BCUT2D eigenvalue weighted by molar-refractivity contribution is 0.583. The number of benzene rings is 2. The molecule has 5 rings (SSSR count). The van der Waals surface area contributed by atoms with Crippen LogP contribution in [0, 0.1) is 0 Å². The van der Waals surface area contributed by atoms with Crippen molar-refractivity contribution in [3.05, 3.63) is 76.6 Å². The highest BCUT2D eigenvalue weighted by molar-refractivity contribution is 6.30. The zero-order chi connectivity index (χ0) is 22.4. The van der Waals surface area contributed by atoms with Gasteiger partial charge in [0.15, 0.2) is 5.82 Å². The molecule has 7 nitrogen and oxygen atoms in total. The van der Waals surface area contributed by atoms with E-state index < -0.39 is 0 Å². The number of aryl methyl sites for hydroxylation is 1. The monoisotopic (exact) mass is 444 g/mol. The second-order valence-corrected chi connectivity index (χ2v) is 8.36. The van der Waals surface area contributed by atoms with Gasteiger partial charge in [0.25, 0.3) is 0 Å². The summed E-state index contributed by atoms with van der Waals surface area (Å²) in [6.45, 7) is 4.02. The summed E-state index contributed by atoms with van der Waals surface area (Å²) in [6.07, 6.45) is 4.92. The van der Waals surface area contributed by atoms with Gasteiger partial charge in [-0.3, -0.25) is 14.1 Å². The van der Waals surface area contributed by atoms with Gasteiger partial charge in [-0.2, -0.15) is 0 Å². The fourth-order valence-electron chi connectivity index (χ4n) is 3.99. The zero-order valence-corrected chi connectivity index (χ0v) is 18.6.